The number of aromatic nitrogens is 1. The second kappa shape index (κ2) is 6.86. The molecule has 0 radical (unpaired) electrons. The Morgan fingerprint density at radius 1 is 1.28 bits per heavy atom. The minimum absolute atomic E-state index is 0.963. The van der Waals surface area contributed by atoms with Crippen molar-refractivity contribution in [2.45, 2.75) is 26.4 Å². The predicted molar refractivity (Wildman–Crippen MR) is 82.3 cm³/mol. The van der Waals surface area contributed by atoms with Gasteiger partial charge in [-0.1, -0.05) is 25.1 Å². The van der Waals surface area contributed by atoms with E-state index in [0.717, 1.165) is 19.6 Å². The summed E-state index contributed by atoms with van der Waals surface area (Å²) in [6.45, 7) is 5.26. The summed E-state index contributed by atoms with van der Waals surface area (Å²) in [5.41, 5.74) is 2.77. The molecule has 18 heavy (non-hydrogen) atoms. The van der Waals surface area contributed by atoms with E-state index in [-0.39, 0.29) is 0 Å². The van der Waals surface area contributed by atoms with Crippen LogP contribution >= 0.6 is 11.8 Å². The first kappa shape index (κ1) is 13.5. The van der Waals surface area contributed by atoms with Crippen molar-refractivity contribution in [1.29, 1.82) is 0 Å². The fourth-order valence-electron chi connectivity index (χ4n) is 2.30. The molecule has 3 heteroatoms. The second-order valence-corrected chi connectivity index (χ2v) is 5.46. The van der Waals surface area contributed by atoms with Gasteiger partial charge in [-0.3, -0.25) is 0 Å². The summed E-state index contributed by atoms with van der Waals surface area (Å²) in [6.07, 6.45) is 3.41. The largest absolute Gasteiger partial charge is 0.343 e. The number of hydrogen-bond acceptors (Lipinski definition) is 2. The summed E-state index contributed by atoms with van der Waals surface area (Å²) in [5.74, 6) is 1.23. The summed E-state index contributed by atoms with van der Waals surface area (Å²) in [4.78, 5) is 0. The minimum atomic E-state index is 0.963. The summed E-state index contributed by atoms with van der Waals surface area (Å²) < 4.78 is 2.47. The number of hydrogen-bond donors (Lipinski definition) is 1. The van der Waals surface area contributed by atoms with Crippen LogP contribution in [0.4, 0.5) is 0 Å². The van der Waals surface area contributed by atoms with Gasteiger partial charge in [-0.05, 0) is 42.5 Å². The highest BCUT2D eigenvalue weighted by Gasteiger charge is 2.07. The standard InChI is InChI=1S/C15H22N2S/c1-3-16-12-14-11-13-7-4-5-8-15(13)17(14)9-6-10-18-2/h4-5,7-8,11,16H,3,6,9-10,12H2,1-2H3. The molecule has 1 heterocycles. The van der Waals surface area contributed by atoms with E-state index in [1.807, 2.05) is 11.8 Å². The summed E-state index contributed by atoms with van der Waals surface area (Å²) in [7, 11) is 0. The van der Waals surface area contributed by atoms with Crippen LogP contribution in [0.2, 0.25) is 0 Å². The van der Waals surface area contributed by atoms with Crippen LogP contribution in [0.5, 0.6) is 0 Å². The zero-order valence-electron chi connectivity index (χ0n) is 11.3. The monoisotopic (exact) mass is 262 g/mol. The maximum absolute atomic E-state index is 3.43. The molecule has 1 aromatic carbocycles. The fourth-order valence-corrected chi connectivity index (χ4v) is 2.72. The Morgan fingerprint density at radius 3 is 2.89 bits per heavy atom. The summed E-state index contributed by atoms with van der Waals surface area (Å²) in [5, 5.41) is 4.79. The smallest absolute Gasteiger partial charge is 0.0482 e. The number of aryl methyl sites for hydroxylation is 1. The lowest BCUT2D eigenvalue weighted by Crippen LogP contribution is -2.15. The number of fused-ring (bicyclic) bond motifs is 1. The van der Waals surface area contributed by atoms with E-state index in [9.17, 15) is 0 Å². The van der Waals surface area contributed by atoms with Crippen LogP contribution in [-0.4, -0.2) is 23.1 Å². The van der Waals surface area contributed by atoms with Crippen molar-refractivity contribution in [2.24, 2.45) is 0 Å². The molecule has 0 saturated carbocycles. The maximum atomic E-state index is 3.43. The molecule has 2 nitrogen and oxygen atoms in total. The van der Waals surface area contributed by atoms with E-state index in [4.69, 9.17) is 0 Å². The van der Waals surface area contributed by atoms with Crippen molar-refractivity contribution in [1.82, 2.24) is 9.88 Å². The zero-order valence-corrected chi connectivity index (χ0v) is 12.1. The molecule has 0 atom stereocenters. The molecule has 0 aliphatic carbocycles. The van der Waals surface area contributed by atoms with Crippen molar-refractivity contribution in [3.8, 4) is 0 Å². The summed E-state index contributed by atoms with van der Waals surface area (Å²) in [6, 6.07) is 11.0. The normalized spacial score (nSPS) is 11.2. The molecule has 0 fully saturated rings. The van der Waals surface area contributed by atoms with Gasteiger partial charge in [0.1, 0.15) is 0 Å². The van der Waals surface area contributed by atoms with Crippen LogP contribution in [-0.2, 0) is 13.1 Å². The summed E-state index contributed by atoms with van der Waals surface area (Å²) >= 11 is 1.92. The molecule has 0 saturated heterocycles. The third-order valence-electron chi connectivity index (χ3n) is 3.18. The van der Waals surface area contributed by atoms with Gasteiger partial charge in [0, 0.05) is 24.3 Å². The number of nitrogens with one attached hydrogen (secondary N) is 1. The number of thioether (sulfide) groups is 1. The van der Waals surface area contributed by atoms with E-state index >= 15 is 0 Å². The Hall–Kier alpha value is -0.930. The van der Waals surface area contributed by atoms with Crippen LogP contribution in [0.25, 0.3) is 10.9 Å². The van der Waals surface area contributed by atoms with Gasteiger partial charge in [-0.2, -0.15) is 11.8 Å². The van der Waals surface area contributed by atoms with Gasteiger partial charge in [-0.15, -0.1) is 0 Å². The molecular formula is C15H22N2S. The first-order valence-electron chi connectivity index (χ1n) is 6.63. The number of para-hydroxylation sites is 1. The van der Waals surface area contributed by atoms with Gasteiger partial charge in [0.15, 0.2) is 0 Å². The van der Waals surface area contributed by atoms with Crippen molar-refractivity contribution in [2.75, 3.05) is 18.6 Å². The minimum Gasteiger partial charge on any atom is -0.343 e. The highest BCUT2D eigenvalue weighted by molar-refractivity contribution is 7.98. The quantitative estimate of drug-likeness (QED) is 0.769. The average Bonchev–Trinajstić information content (AvgIpc) is 2.75. The molecule has 98 valence electrons. The van der Waals surface area contributed by atoms with Crippen LogP contribution in [0.15, 0.2) is 30.3 Å². The zero-order chi connectivity index (χ0) is 12.8. The van der Waals surface area contributed by atoms with Crippen LogP contribution in [0, 0.1) is 0 Å². The highest BCUT2D eigenvalue weighted by atomic mass is 32.2. The van der Waals surface area contributed by atoms with Gasteiger partial charge in [-0.25, -0.2) is 0 Å². The molecule has 0 unspecified atom stereocenters. The van der Waals surface area contributed by atoms with Gasteiger partial charge >= 0.3 is 0 Å². The Balaban J connectivity index is 2.25. The Kier molecular flexibility index (Phi) is 5.14. The molecule has 2 aromatic rings. The van der Waals surface area contributed by atoms with E-state index in [2.05, 4.69) is 53.4 Å². The van der Waals surface area contributed by atoms with E-state index in [1.54, 1.807) is 0 Å². The third kappa shape index (κ3) is 3.09. The van der Waals surface area contributed by atoms with Crippen molar-refractivity contribution < 1.29 is 0 Å². The molecule has 1 aromatic heterocycles. The van der Waals surface area contributed by atoms with Gasteiger partial charge in [0.2, 0.25) is 0 Å². The molecule has 0 aliphatic rings. The SMILES string of the molecule is CCNCc1cc2ccccc2n1CCCSC. The predicted octanol–water partition coefficient (Wildman–Crippen LogP) is 3.50. The van der Waals surface area contributed by atoms with Crippen LogP contribution in [0.1, 0.15) is 19.0 Å². The van der Waals surface area contributed by atoms with Crippen LogP contribution in [0.3, 0.4) is 0 Å². The average molecular weight is 262 g/mol. The molecule has 0 aliphatic heterocycles. The molecule has 1 N–H and O–H groups in total. The molecule has 0 spiro atoms. The second-order valence-electron chi connectivity index (χ2n) is 4.47. The van der Waals surface area contributed by atoms with Gasteiger partial charge < -0.3 is 9.88 Å². The number of benzene rings is 1. The molecular weight excluding hydrogens is 240 g/mol. The van der Waals surface area contributed by atoms with E-state index in [1.165, 1.54) is 28.8 Å². The fraction of sp³-hybridized carbons (Fsp3) is 0.467. The van der Waals surface area contributed by atoms with Crippen molar-refractivity contribution in [3.05, 3.63) is 36.0 Å². The Morgan fingerprint density at radius 2 is 2.11 bits per heavy atom. The van der Waals surface area contributed by atoms with Gasteiger partial charge in [0.05, 0.1) is 0 Å². The first-order chi connectivity index (χ1) is 8.86. The third-order valence-corrected chi connectivity index (χ3v) is 3.88. The molecule has 2 rings (SSSR count). The van der Waals surface area contributed by atoms with Crippen LogP contribution < -0.4 is 5.32 Å². The number of nitrogens with zero attached hydrogens (tertiary/aromatic N) is 1. The Labute approximate surface area is 114 Å². The molecule has 0 bridgehead atoms. The highest BCUT2D eigenvalue weighted by Crippen LogP contribution is 2.20. The van der Waals surface area contributed by atoms with E-state index < -0.39 is 0 Å². The van der Waals surface area contributed by atoms with Crippen molar-refractivity contribution in [3.63, 3.8) is 0 Å². The van der Waals surface area contributed by atoms with E-state index in [0.29, 0.717) is 0 Å². The first-order valence-corrected chi connectivity index (χ1v) is 8.03. The maximum Gasteiger partial charge on any atom is 0.0482 e. The lowest BCUT2D eigenvalue weighted by atomic mass is 10.2. The van der Waals surface area contributed by atoms with Gasteiger partial charge in [0.25, 0.3) is 0 Å². The lowest BCUT2D eigenvalue weighted by Gasteiger charge is -2.10. The molecule has 0 amide bonds. The topological polar surface area (TPSA) is 17.0 Å². The lowest BCUT2D eigenvalue weighted by molar-refractivity contribution is 0.628. The van der Waals surface area contributed by atoms with Crippen molar-refractivity contribution >= 4 is 22.7 Å². The number of rotatable bonds is 7. The Bertz CT molecular complexity index is 490.